The first-order valence-corrected chi connectivity index (χ1v) is 10.9. The summed E-state index contributed by atoms with van der Waals surface area (Å²) in [4.78, 5) is 4.95. The second kappa shape index (κ2) is 5.96. The predicted molar refractivity (Wildman–Crippen MR) is 120 cm³/mol. The van der Waals surface area contributed by atoms with Crippen molar-refractivity contribution in [3.05, 3.63) is 98.6 Å². The highest BCUT2D eigenvalue weighted by atomic mass is 15.3. The van der Waals surface area contributed by atoms with E-state index in [1.807, 2.05) is 0 Å². The molecule has 2 atom stereocenters. The molecule has 0 N–H and O–H groups in total. The van der Waals surface area contributed by atoms with Crippen LogP contribution in [-0.2, 0) is 6.54 Å². The first-order valence-electron chi connectivity index (χ1n) is 10.9. The Morgan fingerprint density at radius 3 is 1.93 bits per heavy atom. The van der Waals surface area contributed by atoms with Crippen LogP contribution in [0.2, 0.25) is 0 Å². The van der Waals surface area contributed by atoms with Gasteiger partial charge in [-0.3, -0.25) is 4.90 Å². The van der Waals surface area contributed by atoms with Gasteiger partial charge in [-0.15, -0.1) is 0 Å². The molecular formula is C27H28N2. The van der Waals surface area contributed by atoms with Crippen LogP contribution < -0.4 is 4.90 Å². The molecule has 3 aromatic rings. The van der Waals surface area contributed by atoms with Crippen molar-refractivity contribution in [3.8, 4) is 0 Å². The second-order valence-electron chi connectivity index (χ2n) is 9.18. The molecule has 0 fully saturated rings. The number of rotatable bonds is 1. The zero-order valence-corrected chi connectivity index (χ0v) is 17.8. The van der Waals surface area contributed by atoms with E-state index in [1.54, 1.807) is 0 Å². The van der Waals surface area contributed by atoms with Gasteiger partial charge in [0.1, 0.15) is 0 Å². The first-order chi connectivity index (χ1) is 14.1. The van der Waals surface area contributed by atoms with Crippen molar-refractivity contribution in [2.75, 3.05) is 25.2 Å². The minimum absolute atomic E-state index is 0.365. The van der Waals surface area contributed by atoms with Crippen molar-refractivity contribution in [3.63, 3.8) is 0 Å². The Morgan fingerprint density at radius 1 is 0.793 bits per heavy atom. The SMILES string of the molecule is CCN1CN(C)Cc2cc3c(cc21)C1c2ccccc2C3c2cc(C)c(C)cc21. The monoisotopic (exact) mass is 380 g/mol. The Kier molecular flexibility index (Phi) is 3.56. The molecule has 29 heavy (non-hydrogen) atoms. The van der Waals surface area contributed by atoms with E-state index in [2.05, 4.69) is 86.1 Å². The summed E-state index contributed by atoms with van der Waals surface area (Å²) >= 11 is 0. The topological polar surface area (TPSA) is 6.48 Å². The Hall–Kier alpha value is -2.58. The van der Waals surface area contributed by atoms with Gasteiger partial charge in [-0.05, 0) is 84.0 Å². The molecule has 0 radical (unpaired) electrons. The van der Waals surface area contributed by atoms with E-state index >= 15 is 0 Å². The molecule has 3 aromatic carbocycles. The van der Waals surface area contributed by atoms with Gasteiger partial charge in [0.25, 0.3) is 0 Å². The number of fused-ring (bicyclic) bond motifs is 1. The fourth-order valence-corrected chi connectivity index (χ4v) is 5.97. The lowest BCUT2D eigenvalue weighted by Gasteiger charge is -2.45. The molecule has 0 saturated carbocycles. The number of nitrogens with zero attached hydrogens (tertiary/aromatic N) is 2. The third-order valence-electron chi connectivity index (χ3n) is 7.42. The van der Waals surface area contributed by atoms with Gasteiger partial charge in [0.15, 0.2) is 0 Å². The number of benzene rings is 3. The maximum absolute atomic E-state index is 2.54. The maximum Gasteiger partial charge on any atom is 0.0707 e. The molecule has 1 aliphatic heterocycles. The summed E-state index contributed by atoms with van der Waals surface area (Å²) in [5.74, 6) is 0.734. The van der Waals surface area contributed by atoms with Crippen LogP contribution in [0, 0.1) is 13.8 Å². The van der Waals surface area contributed by atoms with Crippen LogP contribution in [0.15, 0.2) is 48.5 Å². The molecule has 0 aromatic heterocycles. The molecule has 3 aliphatic carbocycles. The van der Waals surface area contributed by atoms with Gasteiger partial charge in [-0.2, -0.15) is 0 Å². The van der Waals surface area contributed by atoms with E-state index in [0.29, 0.717) is 11.8 Å². The number of anilines is 1. The van der Waals surface area contributed by atoms with Crippen molar-refractivity contribution in [1.29, 1.82) is 0 Å². The molecule has 2 bridgehead atoms. The predicted octanol–water partition coefficient (Wildman–Crippen LogP) is 5.52. The van der Waals surface area contributed by atoms with Gasteiger partial charge < -0.3 is 4.90 Å². The van der Waals surface area contributed by atoms with Crippen molar-refractivity contribution in [2.24, 2.45) is 0 Å². The second-order valence-corrected chi connectivity index (χ2v) is 9.18. The lowest BCUT2D eigenvalue weighted by molar-refractivity contribution is 0.310. The smallest absolute Gasteiger partial charge is 0.0707 e. The number of hydrogen-bond donors (Lipinski definition) is 0. The fourth-order valence-electron chi connectivity index (χ4n) is 5.97. The Morgan fingerprint density at radius 2 is 1.34 bits per heavy atom. The summed E-state index contributed by atoms with van der Waals surface area (Å²) in [5.41, 5.74) is 14.9. The molecule has 2 heteroatoms. The molecule has 0 spiro atoms. The number of aryl methyl sites for hydroxylation is 2. The average Bonchev–Trinajstić information content (AvgIpc) is 2.72. The Bertz CT molecular complexity index is 1160. The van der Waals surface area contributed by atoms with Crippen LogP contribution in [0.3, 0.4) is 0 Å². The normalized spacial score (nSPS) is 21.4. The summed E-state index contributed by atoms with van der Waals surface area (Å²) < 4.78 is 0. The van der Waals surface area contributed by atoms with Crippen LogP contribution >= 0.6 is 0 Å². The highest BCUT2D eigenvalue weighted by molar-refractivity contribution is 5.72. The summed E-state index contributed by atoms with van der Waals surface area (Å²) in [5, 5.41) is 0. The third kappa shape index (κ3) is 2.27. The summed E-state index contributed by atoms with van der Waals surface area (Å²) in [6.07, 6.45) is 0. The fraction of sp³-hybridized carbons (Fsp3) is 0.333. The van der Waals surface area contributed by atoms with Crippen LogP contribution in [0.4, 0.5) is 5.69 Å². The van der Waals surface area contributed by atoms with Crippen molar-refractivity contribution in [1.82, 2.24) is 4.90 Å². The van der Waals surface area contributed by atoms with Gasteiger partial charge in [0.05, 0.1) is 6.67 Å². The minimum Gasteiger partial charge on any atom is -0.359 e. The Labute approximate surface area is 173 Å². The van der Waals surface area contributed by atoms with E-state index < -0.39 is 0 Å². The quantitative estimate of drug-likeness (QED) is 0.378. The summed E-state index contributed by atoms with van der Waals surface area (Å²) in [7, 11) is 2.23. The van der Waals surface area contributed by atoms with E-state index in [-0.39, 0.29) is 0 Å². The Balaban J connectivity index is 1.65. The maximum atomic E-state index is 2.54. The standard InChI is InChI=1S/C27H28N2/c1-5-29-15-28(4)14-18-12-23-24(13-25(18)29)27-20-9-7-6-8-19(20)26(23)21-10-16(2)17(3)11-22(21)27/h6-13,26-27H,5,14-15H2,1-4H3. The summed E-state index contributed by atoms with van der Waals surface area (Å²) in [6, 6.07) is 19.1. The van der Waals surface area contributed by atoms with E-state index in [4.69, 9.17) is 0 Å². The van der Waals surface area contributed by atoms with Crippen LogP contribution in [0.5, 0.6) is 0 Å². The highest BCUT2D eigenvalue weighted by Gasteiger charge is 2.42. The van der Waals surface area contributed by atoms with E-state index in [9.17, 15) is 0 Å². The van der Waals surface area contributed by atoms with Gasteiger partial charge >= 0.3 is 0 Å². The molecular weight excluding hydrogens is 352 g/mol. The average molecular weight is 381 g/mol. The van der Waals surface area contributed by atoms with Crippen LogP contribution in [0.1, 0.15) is 68.8 Å². The zero-order chi connectivity index (χ0) is 19.9. The molecule has 2 unspecified atom stereocenters. The van der Waals surface area contributed by atoms with Gasteiger partial charge in [-0.25, -0.2) is 0 Å². The minimum atomic E-state index is 0.365. The van der Waals surface area contributed by atoms with Gasteiger partial charge in [-0.1, -0.05) is 42.5 Å². The van der Waals surface area contributed by atoms with Gasteiger partial charge in [0, 0.05) is 30.6 Å². The third-order valence-corrected chi connectivity index (χ3v) is 7.42. The van der Waals surface area contributed by atoms with Crippen LogP contribution in [0.25, 0.3) is 0 Å². The lowest BCUT2D eigenvalue weighted by Crippen LogP contribution is -2.40. The molecule has 4 aliphatic rings. The molecule has 146 valence electrons. The van der Waals surface area contributed by atoms with E-state index in [1.165, 1.54) is 55.8 Å². The molecule has 0 saturated heterocycles. The molecule has 1 heterocycles. The van der Waals surface area contributed by atoms with E-state index in [0.717, 1.165) is 19.8 Å². The van der Waals surface area contributed by atoms with Crippen molar-refractivity contribution < 1.29 is 0 Å². The largest absolute Gasteiger partial charge is 0.359 e. The summed E-state index contributed by atoms with van der Waals surface area (Å²) in [6.45, 7) is 9.89. The lowest BCUT2D eigenvalue weighted by atomic mass is 9.60. The van der Waals surface area contributed by atoms with Gasteiger partial charge in [0.2, 0.25) is 0 Å². The highest BCUT2D eigenvalue weighted by Crippen LogP contribution is 2.57. The first kappa shape index (κ1) is 17.3. The molecule has 2 nitrogen and oxygen atoms in total. The van der Waals surface area contributed by atoms with Crippen molar-refractivity contribution >= 4 is 5.69 Å². The van der Waals surface area contributed by atoms with Crippen molar-refractivity contribution in [2.45, 2.75) is 39.2 Å². The zero-order valence-electron chi connectivity index (χ0n) is 17.8. The van der Waals surface area contributed by atoms with Crippen LogP contribution in [-0.4, -0.2) is 25.2 Å². The number of hydrogen-bond acceptors (Lipinski definition) is 2. The molecule has 0 amide bonds. The molecule has 7 rings (SSSR count).